The van der Waals surface area contributed by atoms with Gasteiger partial charge in [0.25, 0.3) is 5.91 Å². The maximum Gasteiger partial charge on any atom is 0.259 e. The normalized spacial score (nSPS) is 9.94. The minimum atomic E-state index is -0.179. The van der Waals surface area contributed by atoms with E-state index in [2.05, 4.69) is 4.98 Å². The highest BCUT2D eigenvalue weighted by atomic mass is 16.5. The molecule has 0 saturated heterocycles. The maximum atomic E-state index is 12.0. The van der Waals surface area contributed by atoms with Gasteiger partial charge in [-0.3, -0.25) is 4.79 Å². The number of methoxy groups -OCH3 is 1. The quantitative estimate of drug-likeness (QED) is 0.793. The third-order valence-corrected chi connectivity index (χ3v) is 2.23. The van der Waals surface area contributed by atoms with Crippen LogP contribution in [0.4, 0.5) is 0 Å². The molecule has 16 heavy (non-hydrogen) atoms. The fourth-order valence-electron chi connectivity index (χ4n) is 1.41. The van der Waals surface area contributed by atoms with Crippen LogP contribution in [0.1, 0.15) is 17.3 Å². The first-order valence-electron chi connectivity index (χ1n) is 5.13. The number of nitrogens with zero attached hydrogens (tertiary/aromatic N) is 2. The van der Waals surface area contributed by atoms with Gasteiger partial charge < -0.3 is 14.7 Å². The Labute approximate surface area is 94.7 Å². The highest BCUT2D eigenvalue weighted by Gasteiger charge is 2.18. The van der Waals surface area contributed by atoms with Crippen LogP contribution in [-0.4, -0.2) is 47.7 Å². The Hall–Kier alpha value is -1.62. The van der Waals surface area contributed by atoms with Crippen molar-refractivity contribution in [3.05, 3.63) is 23.9 Å². The number of pyridine rings is 1. The molecule has 0 radical (unpaired) electrons. The summed E-state index contributed by atoms with van der Waals surface area (Å²) in [5, 5.41) is 8.85. The molecular weight excluding hydrogens is 208 g/mol. The van der Waals surface area contributed by atoms with Gasteiger partial charge in [0.15, 0.2) is 0 Å². The fourth-order valence-corrected chi connectivity index (χ4v) is 1.41. The number of aromatic nitrogens is 1. The van der Waals surface area contributed by atoms with Gasteiger partial charge in [0.2, 0.25) is 5.88 Å². The van der Waals surface area contributed by atoms with Gasteiger partial charge in [0.05, 0.1) is 13.7 Å². The monoisotopic (exact) mass is 224 g/mol. The molecule has 1 rings (SSSR count). The molecule has 0 aliphatic carbocycles. The van der Waals surface area contributed by atoms with E-state index in [0.29, 0.717) is 24.5 Å². The fraction of sp³-hybridized carbons (Fsp3) is 0.455. The Balaban J connectivity index is 2.93. The van der Waals surface area contributed by atoms with Crippen molar-refractivity contribution in [3.63, 3.8) is 0 Å². The molecule has 0 bridgehead atoms. The van der Waals surface area contributed by atoms with E-state index in [1.54, 1.807) is 23.2 Å². The van der Waals surface area contributed by atoms with Gasteiger partial charge in [-0.15, -0.1) is 0 Å². The number of hydrogen-bond donors (Lipinski definition) is 1. The summed E-state index contributed by atoms with van der Waals surface area (Å²) in [5.41, 5.74) is 0.417. The zero-order chi connectivity index (χ0) is 12.0. The van der Waals surface area contributed by atoms with Crippen molar-refractivity contribution in [2.24, 2.45) is 0 Å². The molecule has 1 N–H and O–H groups in total. The summed E-state index contributed by atoms with van der Waals surface area (Å²) < 4.78 is 5.02. The number of hydrogen-bond acceptors (Lipinski definition) is 4. The predicted octanol–water partition coefficient (Wildman–Crippen LogP) is 0.545. The van der Waals surface area contributed by atoms with Crippen molar-refractivity contribution >= 4 is 5.91 Å². The van der Waals surface area contributed by atoms with Gasteiger partial charge in [0, 0.05) is 19.3 Å². The molecule has 0 aliphatic rings. The molecule has 0 aromatic carbocycles. The predicted molar refractivity (Wildman–Crippen MR) is 59.5 cm³/mol. The first kappa shape index (κ1) is 12.4. The van der Waals surface area contributed by atoms with Crippen molar-refractivity contribution in [2.75, 3.05) is 26.8 Å². The molecule has 0 unspecified atom stereocenters. The van der Waals surface area contributed by atoms with Crippen LogP contribution in [-0.2, 0) is 0 Å². The number of aliphatic hydroxyl groups excluding tert-OH is 1. The number of likely N-dealkylation sites (N-methyl/N-ethyl adjacent to an activating group) is 1. The Morgan fingerprint density at radius 3 is 2.94 bits per heavy atom. The molecule has 5 nitrogen and oxygen atoms in total. The summed E-state index contributed by atoms with van der Waals surface area (Å²) in [6.07, 6.45) is 1.57. The molecule has 1 aromatic rings. The van der Waals surface area contributed by atoms with Gasteiger partial charge in [-0.1, -0.05) is 0 Å². The van der Waals surface area contributed by atoms with Crippen molar-refractivity contribution in [1.82, 2.24) is 9.88 Å². The molecule has 0 aliphatic heterocycles. The van der Waals surface area contributed by atoms with Gasteiger partial charge in [-0.05, 0) is 19.1 Å². The van der Waals surface area contributed by atoms with Gasteiger partial charge in [0.1, 0.15) is 5.56 Å². The average molecular weight is 224 g/mol. The summed E-state index contributed by atoms with van der Waals surface area (Å²) in [5.74, 6) is 0.130. The SMILES string of the molecule is CCN(CCO)C(=O)c1cccnc1OC. The third kappa shape index (κ3) is 2.70. The molecule has 0 spiro atoms. The second kappa shape index (κ2) is 6.07. The van der Waals surface area contributed by atoms with Gasteiger partial charge >= 0.3 is 0 Å². The molecule has 88 valence electrons. The maximum absolute atomic E-state index is 12.0. The third-order valence-electron chi connectivity index (χ3n) is 2.23. The molecule has 1 heterocycles. The molecule has 0 atom stereocenters. The van der Waals surface area contributed by atoms with Crippen LogP contribution in [0.5, 0.6) is 5.88 Å². The van der Waals surface area contributed by atoms with E-state index < -0.39 is 0 Å². The largest absolute Gasteiger partial charge is 0.480 e. The number of rotatable bonds is 5. The second-order valence-corrected chi connectivity index (χ2v) is 3.17. The van der Waals surface area contributed by atoms with Crippen LogP contribution in [0.25, 0.3) is 0 Å². The summed E-state index contributed by atoms with van der Waals surface area (Å²) >= 11 is 0. The van der Waals surface area contributed by atoms with E-state index in [0.717, 1.165) is 0 Å². The number of ether oxygens (including phenoxy) is 1. The highest BCUT2D eigenvalue weighted by Crippen LogP contribution is 2.15. The van der Waals surface area contributed by atoms with Crippen LogP contribution in [0.2, 0.25) is 0 Å². The minimum Gasteiger partial charge on any atom is -0.480 e. The number of aliphatic hydroxyl groups is 1. The number of carbonyl (C=O) groups is 1. The van der Waals surface area contributed by atoms with Crippen molar-refractivity contribution < 1.29 is 14.6 Å². The highest BCUT2D eigenvalue weighted by molar-refractivity contribution is 5.96. The lowest BCUT2D eigenvalue weighted by Crippen LogP contribution is -2.33. The molecule has 1 aromatic heterocycles. The van der Waals surface area contributed by atoms with Crippen molar-refractivity contribution in [3.8, 4) is 5.88 Å². The standard InChI is InChI=1S/C11H16N2O3/c1-3-13(7-8-14)11(15)9-5-4-6-12-10(9)16-2/h4-6,14H,3,7-8H2,1-2H3. The van der Waals surface area contributed by atoms with Crippen LogP contribution in [0.15, 0.2) is 18.3 Å². The topological polar surface area (TPSA) is 62.7 Å². The lowest BCUT2D eigenvalue weighted by molar-refractivity contribution is 0.0728. The van der Waals surface area contributed by atoms with E-state index in [-0.39, 0.29) is 12.5 Å². The second-order valence-electron chi connectivity index (χ2n) is 3.17. The zero-order valence-corrected chi connectivity index (χ0v) is 9.51. The van der Waals surface area contributed by atoms with E-state index in [1.165, 1.54) is 7.11 Å². The molecule has 0 fully saturated rings. The Morgan fingerprint density at radius 1 is 1.62 bits per heavy atom. The van der Waals surface area contributed by atoms with Crippen LogP contribution < -0.4 is 4.74 Å². The summed E-state index contributed by atoms with van der Waals surface area (Å²) in [4.78, 5) is 17.5. The molecular formula is C11H16N2O3. The van der Waals surface area contributed by atoms with E-state index >= 15 is 0 Å². The number of carbonyl (C=O) groups excluding carboxylic acids is 1. The lowest BCUT2D eigenvalue weighted by Gasteiger charge is -2.20. The lowest BCUT2D eigenvalue weighted by atomic mass is 10.2. The molecule has 0 saturated carbocycles. The van der Waals surface area contributed by atoms with Crippen LogP contribution >= 0.6 is 0 Å². The average Bonchev–Trinajstić information content (AvgIpc) is 2.35. The van der Waals surface area contributed by atoms with E-state index in [1.807, 2.05) is 6.92 Å². The minimum absolute atomic E-state index is 0.0534. The van der Waals surface area contributed by atoms with Crippen LogP contribution in [0.3, 0.4) is 0 Å². The summed E-state index contributed by atoms with van der Waals surface area (Å²) in [6, 6.07) is 3.34. The van der Waals surface area contributed by atoms with E-state index in [4.69, 9.17) is 9.84 Å². The summed E-state index contributed by atoms with van der Waals surface area (Å²) in [7, 11) is 1.47. The summed E-state index contributed by atoms with van der Waals surface area (Å²) in [6.45, 7) is 2.66. The Kier molecular flexibility index (Phi) is 4.72. The first-order chi connectivity index (χ1) is 7.74. The smallest absolute Gasteiger partial charge is 0.259 e. The number of amides is 1. The molecule has 1 amide bonds. The first-order valence-corrected chi connectivity index (χ1v) is 5.13. The van der Waals surface area contributed by atoms with Crippen molar-refractivity contribution in [2.45, 2.75) is 6.92 Å². The van der Waals surface area contributed by atoms with Gasteiger partial charge in [-0.2, -0.15) is 0 Å². The van der Waals surface area contributed by atoms with E-state index in [9.17, 15) is 4.79 Å². The zero-order valence-electron chi connectivity index (χ0n) is 9.51. The van der Waals surface area contributed by atoms with Gasteiger partial charge in [-0.25, -0.2) is 4.98 Å². The molecule has 5 heteroatoms. The Bertz CT molecular complexity index is 355. The van der Waals surface area contributed by atoms with Crippen LogP contribution in [0, 0.1) is 0 Å². The Morgan fingerprint density at radius 2 is 2.38 bits per heavy atom. The van der Waals surface area contributed by atoms with Crippen molar-refractivity contribution in [1.29, 1.82) is 0 Å².